The summed E-state index contributed by atoms with van der Waals surface area (Å²) in [5.74, 6) is 0.699. The van der Waals surface area contributed by atoms with Crippen molar-refractivity contribution in [2.24, 2.45) is 5.92 Å². The van der Waals surface area contributed by atoms with Gasteiger partial charge in [0, 0.05) is 19.4 Å². The third-order valence-corrected chi connectivity index (χ3v) is 3.01. The molecule has 0 radical (unpaired) electrons. The maximum Gasteiger partial charge on any atom is 0.198 e. The van der Waals surface area contributed by atoms with E-state index >= 15 is 0 Å². The van der Waals surface area contributed by atoms with Crippen molar-refractivity contribution in [1.82, 2.24) is 4.90 Å². The predicted molar refractivity (Wildman–Crippen MR) is 57.6 cm³/mol. The molecule has 0 aliphatic rings. The van der Waals surface area contributed by atoms with Gasteiger partial charge in [-0.2, -0.15) is 0 Å². The van der Waals surface area contributed by atoms with Gasteiger partial charge in [-0.25, -0.2) is 0 Å². The quantitative estimate of drug-likeness (QED) is 0.676. The summed E-state index contributed by atoms with van der Waals surface area (Å²) in [6.45, 7) is 7.52. The molecule has 0 bridgehead atoms. The minimum atomic E-state index is -2.81. The Kier molecular flexibility index (Phi) is 5.86. The lowest BCUT2D eigenvalue weighted by molar-refractivity contribution is 0.323. The molecule has 0 spiro atoms. The molecule has 0 aromatic heterocycles. The van der Waals surface area contributed by atoms with Crippen molar-refractivity contribution in [3.05, 3.63) is 0 Å². The highest BCUT2D eigenvalue weighted by Gasteiger charge is 2.10. The van der Waals surface area contributed by atoms with Crippen molar-refractivity contribution in [3.63, 3.8) is 0 Å². The third-order valence-electron chi connectivity index (χ3n) is 1.98. The van der Waals surface area contributed by atoms with Crippen LogP contribution in [0.25, 0.3) is 0 Å². The lowest BCUT2D eigenvalue weighted by Crippen LogP contribution is -2.24. The average molecular weight is 207 g/mol. The van der Waals surface area contributed by atoms with Crippen LogP contribution in [0.3, 0.4) is 0 Å². The summed E-state index contributed by atoms with van der Waals surface area (Å²) >= 11 is 0. The standard InChI is InChI=1S/C9H22NO2P/c1-9(2)5-6-10(3)7-8-13(4,11)12/h9H,5-8H2,1-4H3,(H,11,12). The highest BCUT2D eigenvalue weighted by atomic mass is 31.2. The molecule has 3 nitrogen and oxygen atoms in total. The van der Waals surface area contributed by atoms with Gasteiger partial charge in [0.25, 0.3) is 0 Å². The van der Waals surface area contributed by atoms with Crippen molar-refractivity contribution in [2.75, 3.05) is 33.0 Å². The number of rotatable bonds is 6. The van der Waals surface area contributed by atoms with Crippen LogP contribution in [0.4, 0.5) is 0 Å². The van der Waals surface area contributed by atoms with E-state index in [4.69, 9.17) is 4.89 Å². The van der Waals surface area contributed by atoms with Crippen LogP contribution in [0.2, 0.25) is 0 Å². The van der Waals surface area contributed by atoms with E-state index in [9.17, 15) is 4.57 Å². The zero-order valence-corrected chi connectivity index (χ0v) is 10.1. The fraction of sp³-hybridized carbons (Fsp3) is 1.00. The minimum absolute atomic E-state index is 0.404. The number of hydrogen-bond donors (Lipinski definition) is 1. The molecule has 80 valence electrons. The molecule has 1 N–H and O–H groups in total. The van der Waals surface area contributed by atoms with Crippen LogP contribution in [-0.4, -0.2) is 42.8 Å². The van der Waals surface area contributed by atoms with E-state index in [1.807, 2.05) is 7.05 Å². The van der Waals surface area contributed by atoms with Gasteiger partial charge in [0.05, 0.1) is 0 Å². The third kappa shape index (κ3) is 10.1. The second-order valence-corrected chi connectivity index (χ2v) is 6.81. The number of hydrogen-bond acceptors (Lipinski definition) is 2. The van der Waals surface area contributed by atoms with Crippen LogP contribution in [-0.2, 0) is 4.57 Å². The van der Waals surface area contributed by atoms with Crippen molar-refractivity contribution in [2.45, 2.75) is 20.3 Å². The van der Waals surface area contributed by atoms with Crippen LogP contribution < -0.4 is 0 Å². The van der Waals surface area contributed by atoms with Crippen molar-refractivity contribution in [1.29, 1.82) is 0 Å². The molecule has 0 fully saturated rings. The molecule has 0 amide bonds. The Bertz CT molecular complexity index is 176. The summed E-state index contributed by atoms with van der Waals surface area (Å²) in [5.41, 5.74) is 0. The Hall–Kier alpha value is 0.150. The van der Waals surface area contributed by atoms with E-state index in [1.54, 1.807) is 0 Å². The molecular weight excluding hydrogens is 185 g/mol. The van der Waals surface area contributed by atoms with Crippen LogP contribution >= 0.6 is 7.37 Å². The van der Waals surface area contributed by atoms with Crippen molar-refractivity contribution in [3.8, 4) is 0 Å². The number of nitrogens with zero attached hydrogens (tertiary/aromatic N) is 1. The molecule has 0 saturated carbocycles. The Morgan fingerprint density at radius 1 is 1.38 bits per heavy atom. The van der Waals surface area contributed by atoms with E-state index in [2.05, 4.69) is 18.7 Å². The molecule has 0 aliphatic heterocycles. The van der Waals surface area contributed by atoms with E-state index in [0.717, 1.165) is 19.5 Å². The van der Waals surface area contributed by atoms with Gasteiger partial charge in [-0.3, -0.25) is 4.57 Å². The second-order valence-electron chi connectivity index (χ2n) is 4.26. The summed E-state index contributed by atoms with van der Waals surface area (Å²) in [6.07, 6.45) is 1.55. The van der Waals surface area contributed by atoms with Crippen LogP contribution in [0.1, 0.15) is 20.3 Å². The minimum Gasteiger partial charge on any atom is -0.344 e. The molecule has 1 atom stereocenters. The fourth-order valence-corrected chi connectivity index (χ4v) is 1.66. The van der Waals surface area contributed by atoms with Crippen LogP contribution in [0, 0.1) is 5.92 Å². The second kappa shape index (κ2) is 5.79. The van der Waals surface area contributed by atoms with Crippen molar-refractivity contribution >= 4 is 7.37 Å². The Labute approximate surface area is 81.6 Å². The van der Waals surface area contributed by atoms with Crippen LogP contribution in [0.5, 0.6) is 0 Å². The SMILES string of the molecule is CC(C)CCN(C)CCP(C)(=O)O. The lowest BCUT2D eigenvalue weighted by Gasteiger charge is -2.18. The monoisotopic (exact) mass is 207 g/mol. The Morgan fingerprint density at radius 2 is 1.92 bits per heavy atom. The Morgan fingerprint density at radius 3 is 2.31 bits per heavy atom. The molecule has 0 aliphatic carbocycles. The van der Waals surface area contributed by atoms with Gasteiger partial charge in [0.15, 0.2) is 7.37 Å². The molecule has 4 heteroatoms. The molecule has 13 heavy (non-hydrogen) atoms. The molecule has 0 saturated heterocycles. The lowest BCUT2D eigenvalue weighted by atomic mass is 10.1. The maximum absolute atomic E-state index is 11.0. The van der Waals surface area contributed by atoms with E-state index in [1.165, 1.54) is 6.66 Å². The fourth-order valence-electron chi connectivity index (χ4n) is 0.947. The van der Waals surface area contributed by atoms with Crippen molar-refractivity contribution < 1.29 is 9.46 Å². The first-order valence-electron chi connectivity index (χ1n) is 4.79. The summed E-state index contributed by atoms with van der Waals surface area (Å²) in [6, 6.07) is 0. The van der Waals surface area contributed by atoms with Gasteiger partial charge in [-0.15, -0.1) is 0 Å². The smallest absolute Gasteiger partial charge is 0.198 e. The highest BCUT2D eigenvalue weighted by molar-refractivity contribution is 7.57. The van der Waals surface area contributed by atoms with E-state index < -0.39 is 7.37 Å². The van der Waals surface area contributed by atoms with Gasteiger partial charge < -0.3 is 9.79 Å². The van der Waals surface area contributed by atoms with Gasteiger partial charge >= 0.3 is 0 Å². The first-order valence-corrected chi connectivity index (χ1v) is 7.08. The largest absolute Gasteiger partial charge is 0.344 e. The molecule has 0 heterocycles. The normalized spacial score (nSPS) is 16.5. The first kappa shape index (κ1) is 13.2. The maximum atomic E-state index is 11.0. The summed E-state index contributed by atoms with van der Waals surface area (Å²) in [7, 11) is -0.811. The molecule has 0 aromatic carbocycles. The predicted octanol–water partition coefficient (Wildman–Crippen LogP) is 1.86. The van der Waals surface area contributed by atoms with Gasteiger partial charge in [-0.05, 0) is 25.9 Å². The van der Waals surface area contributed by atoms with E-state index in [-0.39, 0.29) is 0 Å². The Balaban J connectivity index is 3.52. The summed E-state index contributed by atoms with van der Waals surface area (Å²) in [4.78, 5) is 11.2. The zero-order valence-electron chi connectivity index (χ0n) is 9.16. The first-order chi connectivity index (χ1) is 5.81. The molecule has 1 unspecified atom stereocenters. The molecule has 0 aromatic rings. The van der Waals surface area contributed by atoms with Crippen LogP contribution in [0.15, 0.2) is 0 Å². The molecule has 0 rings (SSSR count). The van der Waals surface area contributed by atoms with Gasteiger partial charge in [0.2, 0.25) is 0 Å². The van der Waals surface area contributed by atoms with Gasteiger partial charge in [-0.1, -0.05) is 13.8 Å². The van der Waals surface area contributed by atoms with Gasteiger partial charge in [0.1, 0.15) is 0 Å². The topological polar surface area (TPSA) is 40.5 Å². The zero-order chi connectivity index (χ0) is 10.5. The average Bonchev–Trinajstić information content (AvgIpc) is 1.95. The summed E-state index contributed by atoms with van der Waals surface area (Å²) in [5, 5.41) is 0. The molecular formula is C9H22NO2P. The van der Waals surface area contributed by atoms with E-state index in [0.29, 0.717) is 12.1 Å². The summed E-state index contributed by atoms with van der Waals surface area (Å²) < 4.78 is 11.0. The highest BCUT2D eigenvalue weighted by Crippen LogP contribution is 2.34.